The van der Waals surface area contributed by atoms with E-state index in [0.717, 1.165) is 4.31 Å². The van der Waals surface area contributed by atoms with Crippen LogP contribution in [0.25, 0.3) is 11.1 Å². The van der Waals surface area contributed by atoms with Crippen molar-refractivity contribution in [2.24, 2.45) is 0 Å². The van der Waals surface area contributed by atoms with Gasteiger partial charge in [0.25, 0.3) is 0 Å². The van der Waals surface area contributed by atoms with E-state index in [4.69, 9.17) is 4.42 Å². The van der Waals surface area contributed by atoms with E-state index in [0.29, 0.717) is 5.52 Å². The molecule has 0 atom stereocenters. The fourth-order valence-electron chi connectivity index (χ4n) is 1.84. The Morgan fingerprint density at radius 1 is 1.23 bits per heavy atom. The van der Waals surface area contributed by atoms with Crippen LogP contribution < -0.4 is 5.76 Å². The molecule has 0 bridgehead atoms. The van der Waals surface area contributed by atoms with E-state index in [9.17, 15) is 18.0 Å². The number of sulfonamides is 1. The van der Waals surface area contributed by atoms with Gasteiger partial charge in [0.05, 0.1) is 10.4 Å². The summed E-state index contributed by atoms with van der Waals surface area (Å²) in [5, 5.41) is 0. The first-order chi connectivity index (χ1) is 10.1. The van der Waals surface area contributed by atoms with Crippen molar-refractivity contribution >= 4 is 27.0 Å². The third-order valence-corrected chi connectivity index (χ3v) is 5.02. The van der Waals surface area contributed by atoms with Crippen molar-refractivity contribution < 1.29 is 17.6 Å². The first-order valence-electron chi connectivity index (χ1n) is 6.40. The zero-order chi connectivity index (χ0) is 16.7. The summed E-state index contributed by atoms with van der Waals surface area (Å²) in [7, 11) is 2.37. The second kappa shape index (κ2) is 5.58. The van der Waals surface area contributed by atoms with Crippen molar-refractivity contribution in [1.82, 2.24) is 13.8 Å². The average molecular weight is 327 g/mol. The number of hydrogen-bond donors (Lipinski definition) is 0. The number of oxazole rings is 1. The van der Waals surface area contributed by atoms with E-state index in [2.05, 4.69) is 0 Å². The Morgan fingerprint density at radius 2 is 1.86 bits per heavy atom. The number of carbonyl (C=O) groups excluding carboxylic acids is 1. The van der Waals surface area contributed by atoms with Crippen LogP contribution in [0, 0.1) is 0 Å². The van der Waals surface area contributed by atoms with Crippen molar-refractivity contribution in [3.05, 3.63) is 28.7 Å². The maximum absolute atomic E-state index is 12.1. The maximum atomic E-state index is 12.1. The molecule has 0 aliphatic heterocycles. The Kier molecular flexibility index (Phi) is 4.12. The molecule has 8 nitrogen and oxygen atoms in total. The van der Waals surface area contributed by atoms with Crippen LogP contribution in [0.1, 0.15) is 0 Å². The molecule has 0 unspecified atom stereocenters. The van der Waals surface area contributed by atoms with Crippen LogP contribution in [0.4, 0.5) is 0 Å². The van der Waals surface area contributed by atoms with Gasteiger partial charge < -0.3 is 9.32 Å². The van der Waals surface area contributed by atoms with Gasteiger partial charge in [-0.05, 0) is 12.1 Å². The molecule has 0 radical (unpaired) electrons. The number of carbonyl (C=O) groups is 1. The number of aromatic nitrogens is 1. The predicted octanol–water partition coefficient (Wildman–Crippen LogP) is -0.0670. The van der Waals surface area contributed by atoms with Crippen LogP contribution >= 0.6 is 0 Å². The fourth-order valence-corrected chi connectivity index (χ4v) is 2.76. The van der Waals surface area contributed by atoms with Gasteiger partial charge in [0, 0.05) is 34.3 Å². The zero-order valence-electron chi connectivity index (χ0n) is 12.7. The second-order valence-corrected chi connectivity index (χ2v) is 7.31. The third kappa shape index (κ3) is 2.77. The van der Waals surface area contributed by atoms with Gasteiger partial charge in [-0.1, -0.05) is 0 Å². The minimum Gasteiger partial charge on any atom is -0.408 e. The Morgan fingerprint density at radius 3 is 2.41 bits per heavy atom. The molecule has 9 heteroatoms. The van der Waals surface area contributed by atoms with Gasteiger partial charge in [-0.15, -0.1) is 0 Å². The lowest BCUT2D eigenvalue weighted by atomic mass is 10.3. The standard InChI is InChI=1S/C13H17N3O5S/c1-14(2)12(17)8-16-10-6-5-9(22(19,20)15(3)4)7-11(10)21-13(16)18/h5-7H,8H2,1-4H3. The largest absolute Gasteiger partial charge is 0.420 e. The zero-order valence-corrected chi connectivity index (χ0v) is 13.5. The predicted molar refractivity (Wildman–Crippen MR) is 80.0 cm³/mol. The molecule has 0 aliphatic carbocycles. The molecular formula is C13H17N3O5S. The summed E-state index contributed by atoms with van der Waals surface area (Å²) in [6, 6.07) is 4.12. The number of hydrogen-bond acceptors (Lipinski definition) is 5. The lowest BCUT2D eigenvalue weighted by molar-refractivity contribution is -0.129. The molecule has 1 amide bonds. The molecule has 0 saturated heterocycles. The normalized spacial score (nSPS) is 12.0. The van der Waals surface area contributed by atoms with E-state index in [-0.39, 0.29) is 22.9 Å². The minimum atomic E-state index is -3.62. The van der Waals surface area contributed by atoms with E-state index in [1.54, 1.807) is 14.1 Å². The molecule has 0 saturated carbocycles. The minimum absolute atomic E-state index is 0.0184. The van der Waals surface area contributed by atoms with Gasteiger partial charge in [0.2, 0.25) is 15.9 Å². The third-order valence-electron chi connectivity index (χ3n) is 3.21. The van der Waals surface area contributed by atoms with E-state index < -0.39 is 15.8 Å². The van der Waals surface area contributed by atoms with Gasteiger partial charge in [-0.3, -0.25) is 9.36 Å². The van der Waals surface area contributed by atoms with Crippen LogP contribution in [-0.2, 0) is 21.4 Å². The quantitative estimate of drug-likeness (QED) is 0.784. The maximum Gasteiger partial charge on any atom is 0.420 e. The van der Waals surface area contributed by atoms with Crippen LogP contribution in [0.15, 0.2) is 32.3 Å². The van der Waals surface area contributed by atoms with Crippen LogP contribution in [0.3, 0.4) is 0 Å². The lowest BCUT2D eigenvalue weighted by Crippen LogP contribution is -2.29. The summed E-state index contributed by atoms with van der Waals surface area (Å²) in [5.41, 5.74) is 0.498. The van der Waals surface area contributed by atoms with Crippen molar-refractivity contribution in [3.8, 4) is 0 Å². The van der Waals surface area contributed by atoms with Crippen molar-refractivity contribution in [2.45, 2.75) is 11.4 Å². The van der Waals surface area contributed by atoms with E-state index in [1.807, 2.05) is 0 Å². The van der Waals surface area contributed by atoms with Crippen LogP contribution in [0.5, 0.6) is 0 Å². The molecule has 22 heavy (non-hydrogen) atoms. The molecular weight excluding hydrogens is 310 g/mol. The number of benzene rings is 1. The topological polar surface area (TPSA) is 92.8 Å². The number of rotatable bonds is 4. The number of nitrogens with zero attached hydrogens (tertiary/aromatic N) is 3. The van der Waals surface area contributed by atoms with Gasteiger partial charge in [0.15, 0.2) is 5.58 Å². The van der Waals surface area contributed by atoms with Gasteiger partial charge in [0.1, 0.15) is 6.54 Å². The second-order valence-electron chi connectivity index (χ2n) is 5.16. The van der Waals surface area contributed by atoms with E-state index in [1.165, 1.54) is 41.8 Å². The molecule has 1 aromatic carbocycles. The van der Waals surface area contributed by atoms with Crippen molar-refractivity contribution in [1.29, 1.82) is 0 Å². The number of fused-ring (bicyclic) bond motifs is 1. The van der Waals surface area contributed by atoms with Crippen LogP contribution in [-0.4, -0.2) is 56.3 Å². The Balaban J connectivity index is 2.55. The van der Waals surface area contributed by atoms with Gasteiger partial charge in [-0.2, -0.15) is 0 Å². The Bertz CT molecular complexity index is 877. The van der Waals surface area contributed by atoms with Crippen molar-refractivity contribution in [2.75, 3.05) is 28.2 Å². The number of amides is 1. The Hall–Kier alpha value is -2.13. The Labute approximate surface area is 127 Å². The highest BCUT2D eigenvalue weighted by atomic mass is 32.2. The molecule has 2 aromatic rings. The van der Waals surface area contributed by atoms with Crippen LogP contribution in [0.2, 0.25) is 0 Å². The highest BCUT2D eigenvalue weighted by molar-refractivity contribution is 7.89. The first-order valence-corrected chi connectivity index (χ1v) is 7.84. The summed E-state index contributed by atoms with van der Waals surface area (Å²) in [6.07, 6.45) is 0. The molecule has 120 valence electrons. The summed E-state index contributed by atoms with van der Waals surface area (Å²) in [4.78, 5) is 25.0. The van der Waals surface area contributed by atoms with E-state index >= 15 is 0 Å². The highest BCUT2D eigenvalue weighted by Gasteiger charge is 2.20. The SMILES string of the molecule is CN(C)C(=O)Cn1c(=O)oc2cc(S(=O)(=O)N(C)C)ccc21. The monoisotopic (exact) mass is 327 g/mol. The van der Waals surface area contributed by atoms with Gasteiger partial charge >= 0.3 is 5.76 Å². The number of likely N-dealkylation sites (N-methyl/N-ethyl adjacent to an activating group) is 1. The summed E-state index contributed by atoms with van der Waals surface area (Å²) >= 11 is 0. The smallest absolute Gasteiger partial charge is 0.408 e. The highest BCUT2D eigenvalue weighted by Crippen LogP contribution is 2.20. The first kappa shape index (κ1) is 16.2. The molecule has 0 spiro atoms. The molecule has 2 rings (SSSR count). The van der Waals surface area contributed by atoms with Gasteiger partial charge in [-0.25, -0.2) is 17.5 Å². The molecule has 0 N–H and O–H groups in total. The molecule has 1 heterocycles. The molecule has 0 aliphatic rings. The summed E-state index contributed by atoms with van der Waals surface area (Å²) in [6.45, 7) is -0.168. The van der Waals surface area contributed by atoms with Crippen molar-refractivity contribution in [3.63, 3.8) is 0 Å². The summed E-state index contributed by atoms with van der Waals surface area (Å²) in [5.74, 6) is -0.973. The summed E-state index contributed by atoms with van der Waals surface area (Å²) < 4.78 is 31.4. The molecule has 1 aromatic heterocycles. The lowest BCUT2D eigenvalue weighted by Gasteiger charge is -2.11. The fraction of sp³-hybridized carbons (Fsp3) is 0.385. The molecule has 0 fully saturated rings. The average Bonchev–Trinajstić information content (AvgIpc) is 2.73.